The molecule has 0 saturated carbocycles. The van der Waals surface area contributed by atoms with E-state index in [1.54, 1.807) is 36.4 Å². The van der Waals surface area contributed by atoms with Gasteiger partial charge in [-0.2, -0.15) is 8.78 Å². The van der Waals surface area contributed by atoms with Gasteiger partial charge in [-0.05, 0) is 36.4 Å². The van der Waals surface area contributed by atoms with E-state index in [9.17, 15) is 13.6 Å². The molecule has 2 rings (SSSR count). The SMILES string of the molecule is CON(C)C(=O)c1ccccc1Nc1ccc(OC(F)F)cc1. The number of alkyl halides is 2. The second kappa shape index (κ2) is 7.55. The number of benzene rings is 2. The highest BCUT2D eigenvalue weighted by Crippen LogP contribution is 2.24. The van der Waals surface area contributed by atoms with Gasteiger partial charge in [0.2, 0.25) is 0 Å². The number of anilines is 2. The normalized spacial score (nSPS) is 10.5. The minimum atomic E-state index is -2.86. The number of hydroxylamine groups is 2. The van der Waals surface area contributed by atoms with Crippen molar-refractivity contribution >= 4 is 17.3 Å². The lowest BCUT2D eigenvalue weighted by Gasteiger charge is -2.17. The van der Waals surface area contributed by atoms with E-state index >= 15 is 0 Å². The quantitative estimate of drug-likeness (QED) is 0.825. The van der Waals surface area contributed by atoms with Crippen molar-refractivity contribution in [1.82, 2.24) is 5.06 Å². The molecule has 0 fully saturated rings. The fraction of sp³-hybridized carbons (Fsp3) is 0.188. The fourth-order valence-electron chi connectivity index (χ4n) is 1.91. The Morgan fingerprint density at radius 3 is 2.39 bits per heavy atom. The van der Waals surface area contributed by atoms with Crippen molar-refractivity contribution in [2.75, 3.05) is 19.5 Å². The van der Waals surface area contributed by atoms with Crippen molar-refractivity contribution in [3.8, 4) is 5.75 Å². The third kappa shape index (κ3) is 4.40. The number of hydrogen-bond donors (Lipinski definition) is 1. The Bertz CT molecular complexity index is 663. The first-order valence-electron chi connectivity index (χ1n) is 6.74. The molecule has 23 heavy (non-hydrogen) atoms. The second-order valence-corrected chi connectivity index (χ2v) is 4.56. The van der Waals surface area contributed by atoms with Crippen molar-refractivity contribution in [3.05, 3.63) is 54.1 Å². The largest absolute Gasteiger partial charge is 0.435 e. The number of nitrogens with one attached hydrogen (secondary N) is 1. The van der Waals surface area contributed by atoms with Crippen LogP contribution >= 0.6 is 0 Å². The molecule has 0 bridgehead atoms. The number of carbonyl (C=O) groups is 1. The van der Waals surface area contributed by atoms with Crippen LogP contribution in [0.4, 0.5) is 20.2 Å². The Balaban J connectivity index is 2.18. The van der Waals surface area contributed by atoms with Crippen molar-refractivity contribution < 1.29 is 23.1 Å². The molecule has 0 spiro atoms. The first-order chi connectivity index (χ1) is 11.0. The second-order valence-electron chi connectivity index (χ2n) is 4.56. The van der Waals surface area contributed by atoms with Crippen LogP contribution in [0, 0.1) is 0 Å². The maximum atomic E-state index is 12.2. The molecule has 1 N–H and O–H groups in total. The van der Waals surface area contributed by atoms with Crippen LogP contribution in [0.2, 0.25) is 0 Å². The van der Waals surface area contributed by atoms with Crippen molar-refractivity contribution in [2.24, 2.45) is 0 Å². The molecular formula is C16H16F2N2O3. The van der Waals surface area contributed by atoms with Gasteiger partial charge in [0.1, 0.15) is 5.75 Å². The maximum Gasteiger partial charge on any atom is 0.387 e. The van der Waals surface area contributed by atoms with Crippen LogP contribution < -0.4 is 10.1 Å². The molecule has 0 saturated heterocycles. The topological polar surface area (TPSA) is 50.8 Å². The average molecular weight is 322 g/mol. The van der Waals surface area contributed by atoms with E-state index < -0.39 is 6.61 Å². The van der Waals surface area contributed by atoms with Gasteiger partial charge in [0, 0.05) is 12.7 Å². The molecule has 0 unspecified atom stereocenters. The summed E-state index contributed by atoms with van der Waals surface area (Å²) in [6.07, 6.45) is 0. The highest BCUT2D eigenvalue weighted by atomic mass is 19.3. The summed E-state index contributed by atoms with van der Waals surface area (Å²) < 4.78 is 28.5. The van der Waals surface area contributed by atoms with Gasteiger partial charge >= 0.3 is 6.61 Å². The van der Waals surface area contributed by atoms with E-state index in [1.807, 2.05) is 0 Å². The summed E-state index contributed by atoms with van der Waals surface area (Å²) in [5.41, 5.74) is 1.63. The maximum absolute atomic E-state index is 12.2. The van der Waals surface area contributed by atoms with Gasteiger partial charge in [-0.1, -0.05) is 12.1 Å². The molecule has 0 heterocycles. The minimum absolute atomic E-state index is 0.0639. The van der Waals surface area contributed by atoms with Crippen molar-refractivity contribution in [2.45, 2.75) is 6.61 Å². The summed E-state index contributed by atoms with van der Waals surface area (Å²) in [6, 6.07) is 12.9. The van der Waals surface area contributed by atoms with E-state index in [0.717, 1.165) is 5.06 Å². The lowest BCUT2D eigenvalue weighted by Crippen LogP contribution is -2.26. The van der Waals surface area contributed by atoms with Gasteiger partial charge in [0.05, 0.1) is 18.4 Å². The van der Waals surface area contributed by atoms with Crippen LogP contribution in [0.1, 0.15) is 10.4 Å². The van der Waals surface area contributed by atoms with Crippen LogP contribution in [0.25, 0.3) is 0 Å². The predicted molar refractivity (Wildman–Crippen MR) is 81.9 cm³/mol. The van der Waals surface area contributed by atoms with Gasteiger partial charge in [-0.25, -0.2) is 5.06 Å². The summed E-state index contributed by atoms with van der Waals surface area (Å²) in [5.74, 6) is -0.248. The van der Waals surface area contributed by atoms with Gasteiger partial charge < -0.3 is 10.1 Å². The van der Waals surface area contributed by atoms with E-state index in [-0.39, 0.29) is 11.7 Å². The molecule has 2 aromatic carbocycles. The Hall–Kier alpha value is -2.67. The molecule has 7 heteroatoms. The molecule has 0 radical (unpaired) electrons. The summed E-state index contributed by atoms with van der Waals surface area (Å²) in [5, 5.41) is 4.18. The van der Waals surface area contributed by atoms with Gasteiger partial charge in [-0.3, -0.25) is 9.63 Å². The lowest BCUT2D eigenvalue weighted by molar-refractivity contribution is -0.0756. The zero-order valence-corrected chi connectivity index (χ0v) is 12.6. The summed E-state index contributed by atoms with van der Waals surface area (Å²) in [4.78, 5) is 17.1. The molecule has 0 aromatic heterocycles. The molecule has 2 aromatic rings. The number of rotatable bonds is 6. The van der Waals surface area contributed by atoms with Crippen LogP contribution in [0.15, 0.2) is 48.5 Å². The highest BCUT2D eigenvalue weighted by molar-refractivity contribution is 5.99. The van der Waals surface area contributed by atoms with Crippen LogP contribution in [-0.4, -0.2) is 31.7 Å². The lowest BCUT2D eigenvalue weighted by atomic mass is 10.1. The zero-order chi connectivity index (χ0) is 16.8. The number of nitrogens with zero attached hydrogens (tertiary/aromatic N) is 1. The zero-order valence-electron chi connectivity index (χ0n) is 12.6. The summed E-state index contributed by atoms with van der Waals surface area (Å²) in [7, 11) is 2.91. The molecule has 0 aliphatic rings. The molecule has 122 valence electrons. The first kappa shape index (κ1) is 16.7. The predicted octanol–water partition coefficient (Wildman–Crippen LogP) is 3.67. The molecule has 1 amide bonds. The number of carbonyl (C=O) groups excluding carboxylic acids is 1. The van der Waals surface area contributed by atoms with Crippen molar-refractivity contribution in [3.63, 3.8) is 0 Å². The standard InChI is InChI=1S/C16H16F2N2O3/c1-20(22-2)15(21)13-5-3-4-6-14(13)19-11-7-9-12(10-8-11)23-16(17)18/h3-10,16,19H,1-2H3. The molecule has 0 aliphatic heterocycles. The average Bonchev–Trinajstić information content (AvgIpc) is 2.55. The molecule has 5 nitrogen and oxygen atoms in total. The Labute approximate surface area is 132 Å². The molecule has 0 aliphatic carbocycles. The Morgan fingerprint density at radius 1 is 1.13 bits per heavy atom. The van der Waals surface area contributed by atoms with Gasteiger partial charge in [-0.15, -0.1) is 0 Å². The minimum Gasteiger partial charge on any atom is -0.435 e. The highest BCUT2D eigenvalue weighted by Gasteiger charge is 2.15. The molecule has 0 atom stereocenters. The number of amides is 1. The van der Waals surface area contributed by atoms with E-state index in [2.05, 4.69) is 10.1 Å². The van der Waals surface area contributed by atoms with E-state index in [0.29, 0.717) is 16.9 Å². The summed E-state index contributed by atoms with van der Waals surface area (Å²) >= 11 is 0. The Morgan fingerprint density at radius 2 is 1.78 bits per heavy atom. The number of hydrogen-bond acceptors (Lipinski definition) is 4. The number of ether oxygens (including phenoxy) is 1. The van der Waals surface area contributed by atoms with Gasteiger partial charge in [0.15, 0.2) is 0 Å². The number of para-hydroxylation sites is 1. The molecular weight excluding hydrogens is 306 g/mol. The van der Waals surface area contributed by atoms with Crippen LogP contribution in [0.5, 0.6) is 5.75 Å². The van der Waals surface area contributed by atoms with E-state index in [1.165, 1.54) is 26.3 Å². The monoisotopic (exact) mass is 322 g/mol. The smallest absolute Gasteiger partial charge is 0.387 e. The van der Waals surface area contributed by atoms with Crippen molar-refractivity contribution in [1.29, 1.82) is 0 Å². The first-order valence-corrected chi connectivity index (χ1v) is 6.74. The number of halogens is 2. The van der Waals surface area contributed by atoms with E-state index in [4.69, 9.17) is 4.84 Å². The van der Waals surface area contributed by atoms with Crippen LogP contribution in [0.3, 0.4) is 0 Å². The third-order valence-corrected chi connectivity index (χ3v) is 3.08. The van der Waals surface area contributed by atoms with Crippen LogP contribution in [-0.2, 0) is 4.84 Å². The fourth-order valence-corrected chi connectivity index (χ4v) is 1.91. The van der Waals surface area contributed by atoms with Gasteiger partial charge in [0.25, 0.3) is 5.91 Å². The summed E-state index contributed by atoms with van der Waals surface area (Å²) in [6.45, 7) is -2.86. The Kier molecular flexibility index (Phi) is 5.48. The third-order valence-electron chi connectivity index (χ3n) is 3.08.